The minimum Gasteiger partial charge on any atom is -0.496 e. The first-order chi connectivity index (χ1) is 16.6. The average Bonchev–Trinajstić information content (AvgIpc) is 3.43. The van der Waals surface area contributed by atoms with Gasteiger partial charge in [0.05, 0.1) is 25.3 Å². The van der Waals surface area contributed by atoms with Crippen molar-refractivity contribution in [1.82, 2.24) is 15.2 Å². The predicted octanol–water partition coefficient (Wildman–Crippen LogP) is 2.53. The van der Waals surface area contributed by atoms with Crippen LogP contribution in [-0.2, 0) is 19.2 Å². The highest BCUT2D eigenvalue weighted by Gasteiger charge is 2.33. The highest BCUT2D eigenvalue weighted by atomic mass is 16.5. The van der Waals surface area contributed by atoms with Crippen LogP contribution in [0.2, 0.25) is 0 Å². The first kappa shape index (κ1) is 26.1. The molecular weight excluding hydrogens is 450 g/mol. The molecule has 1 aromatic heterocycles. The Morgan fingerprint density at radius 2 is 1.94 bits per heavy atom. The molecule has 188 valence electrons. The molecule has 1 aliphatic heterocycles. The molecule has 2 aromatic rings. The molecule has 35 heavy (non-hydrogen) atoms. The van der Waals surface area contributed by atoms with Gasteiger partial charge >= 0.3 is 0 Å². The van der Waals surface area contributed by atoms with Crippen molar-refractivity contribution in [1.29, 1.82) is 0 Å². The van der Waals surface area contributed by atoms with Gasteiger partial charge in [0.1, 0.15) is 5.75 Å². The average molecular weight is 484 g/mol. The molecule has 2 amide bonds. The van der Waals surface area contributed by atoms with Crippen LogP contribution in [0.3, 0.4) is 0 Å². The largest absolute Gasteiger partial charge is 0.496 e. The van der Waals surface area contributed by atoms with Gasteiger partial charge in [-0.05, 0) is 37.0 Å². The van der Waals surface area contributed by atoms with E-state index in [4.69, 9.17) is 4.74 Å². The zero-order chi connectivity index (χ0) is 25.7. The van der Waals surface area contributed by atoms with Gasteiger partial charge in [-0.25, -0.2) is 0 Å². The Hall–Kier alpha value is -3.49. The number of ketones is 3. The van der Waals surface area contributed by atoms with Gasteiger partial charge in [-0.1, -0.05) is 19.9 Å². The van der Waals surface area contributed by atoms with Gasteiger partial charge in [-0.3, -0.25) is 24.0 Å². The minimum atomic E-state index is -0.796. The smallest absolute Gasteiger partial charge is 0.290 e. The predicted molar refractivity (Wildman–Crippen MR) is 130 cm³/mol. The topological polar surface area (TPSA) is 126 Å². The van der Waals surface area contributed by atoms with Gasteiger partial charge in [-0.15, -0.1) is 0 Å². The number of ether oxygens (including phenoxy) is 1. The fraction of sp³-hybridized carbons (Fsp3) is 0.500. The van der Waals surface area contributed by atoms with E-state index in [1.807, 2.05) is 26.0 Å². The number of nitrogens with zero attached hydrogens (tertiary/aromatic N) is 1. The van der Waals surface area contributed by atoms with Gasteiger partial charge in [0, 0.05) is 43.3 Å². The summed E-state index contributed by atoms with van der Waals surface area (Å²) in [6.07, 6.45) is 0.963. The summed E-state index contributed by atoms with van der Waals surface area (Å²) in [6, 6.07) is 7.19. The van der Waals surface area contributed by atoms with Crippen molar-refractivity contribution in [3.05, 3.63) is 30.0 Å². The molecule has 2 atom stereocenters. The number of nitrogens with one attached hydrogen (secondary N) is 2. The Balaban J connectivity index is 1.78. The van der Waals surface area contributed by atoms with Crippen LogP contribution in [-0.4, -0.2) is 65.8 Å². The van der Waals surface area contributed by atoms with Gasteiger partial charge in [0.25, 0.3) is 5.91 Å². The molecule has 0 aliphatic carbocycles. The second kappa shape index (κ2) is 11.3. The van der Waals surface area contributed by atoms with Crippen LogP contribution in [0.4, 0.5) is 0 Å². The highest BCUT2D eigenvalue weighted by Crippen LogP contribution is 2.28. The van der Waals surface area contributed by atoms with Crippen LogP contribution in [0, 0.1) is 17.8 Å². The lowest BCUT2D eigenvalue weighted by Crippen LogP contribution is -2.45. The number of rotatable bonds is 12. The maximum Gasteiger partial charge on any atom is 0.290 e. The highest BCUT2D eigenvalue weighted by molar-refractivity contribution is 6.35. The van der Waals surface area contributed by atoms with Crippen LogP contribution in [0.25, 0.3) is 10.9 Å². The molecule has 0 spiro atoms. The SMILES string of the molecule is COc1cccc2[nH]c(C(=O)C[C@@H](CC(C)C)C(=O)CN(C[C@@H]3CCNC3=O)C(=O)C(C)=O)cc12. The standard InChI is InChI=1S/C26H33N3O6/c1-15(2)10-18(11-22(31)21-12-19-20(28-21)6-5-7-24(19)35-4)23(32)14-29(26(34)16(3)30)13-17-8-9-27-25(17)33/h5-7,12,15,17-18,28H,8-11,13-14H2,1-4H3,(H,27,33)/t17-,18+/m0/s1. The molecule has 9 nitrogen and oxygen atoms in total. The third-order valence-electron chi connectivity index (χ3n) is 6.33. The van der Waals surface area contributed by atoms with Gasteiger partial charge in [0.2, 0.25) is 11.7 Å². The first-order valence-corrected chi connectivity index (χ1v) is 11.9. The third kappa shape index (κ3) is 6.35. The van der Waals surface area contributed by atoms with Crippen molar-refractivity contribution in [3.63, 3.8) is 0 Å². The number of aromatic amines is 1. The van der Waals surface area contributed by atoms with Gasteiger partial charge < -0.3 is 19.9 Å². The molecule has 0 saturated carbocycles. The molecule has 1 aliphatic rings. The van der Waals surface area contributed by atoms with Gasteiger partial charge in [0.15, 0.2) is 11.6 Å². The third-order valence-corrected chi connectivity index (χ3v) is 6.33. The Kier molecular flexibility index (Phi) is 8.43. The quantitative estimate of drug-likeness (QED) is 0.353. The number of fused-ring (bicyclic) bond motifs is 1. The monoisotopic (exact) mass is 483 g/mol. The van der Waals surface area contributed by atoms with Crippen LogP contribution < -0.4 is 10.1 Å². The van der Waals surface area contributed by atoms with E-state index >= 15 is 0 Å². The summed E-state index contributed by atoms with van der Waals surface area (Å²) in [5.41, 5.74) is 1.14. The zero-order valence-electron chi connectivity index (χ0n) is 20.7. The molecule has 1 fully saturated rings. The van der Waals surface area contributed by atoms with Crippen molar-refractivity contribution in [2.24, 2.45) is 17.8 Å². The van der Waals surface area contributed by atoms with Crippen LogP contribution >= 0.6 is 0 Å². The fourth-order valence-corrected chi connectivity index (χ4v) is 4.53. The molecule has 2 N–H and O–H groups in total. The summed E-state index contributed by atoms with van der Waals surface area (Å²) in [5.74, 6) is -2.51. The van der Waals surface area contributed by atoms with E-state index in [9.17, 15) is 24.0 Å². The van der Waals surface area contributed by atoms with Crippen molar-refractivity contribution >= 4 is 40.1 Å². The number of amides is 2. The molecule has 0 radical (unpaired) electrons. The lowest BCUT2D eigenvalue weighted by atomic mass is 9.88. The number of methoxy groups -OCH3 is 1. The summed E-state index contributed by atoms with van der Waals surface area (Å²) in [6.45, 7) is 5.25. The van der Waals surface area contributed by atoms with E-state index in [2.05, 4.69) is 10.3 Å². The summed E-state index contributed by atoms with van der Waals surface area (Å²) < 4.78 is 5.36. The van der Waals surface area contributed by atoms with E-state index in [1.165, 1.54) is 0 Å². The molecule has 0 unspecified atom stereocenters. The fourth-order valence-electron chi connectivity index (χ4n) is 4.53. The summed E-state index contributed by atoms with van der Waals surface area (Å²) >= 11 is 0. The maximum absolute atomic E-state index is 13.3. The first-order valence-electron chi connectivity index (χ1n) is 11.9. The molecule has 9 heteroatoms. The van der Waals surface area contributed by atoms with Crippen LogP contribution in [0.15, 0.2) is 24.3 Å². The number of benzene rings is 1. The van der Waals surface area contributed by atoms with Crippen molar-refractivity contribution in [2.45, 2.75) is 40.0 Å². The molecule has 1 aromatic carbocycles. The molecule has 2 heterocycles. The minimum absolute atomic E-state index is 0.000143. The van der Waals surface area contributed by atoms with E-state index in [0.717, 1.165) is 22.7 Å². The summed E-state index contributed by atoms with van der Waals surface area (Å²) in [5, 5.41) is 3.48. The lowest BCUT2D eigenvalue weighted by molar-refractivity contribution is -0.146. The number of hydrogen-bond acceptors (Lipinski definition) is 6. The zero-order valence-corrected chi connectivity index (χ0v) is 20.7. The Morgan fingerprint density at radius 1 is 1.20 bits per heavy atom. The normalized spacial score (nSPS) is 16.3. The van der Waals surface area contributed by atoms with E-state index in [1.54, 1.807) is 19.2 Å². The van der Waals surface area contributed by atoms with Gasteiger partial charge in [-0.2, -0.15) is 0 Å². The maximum atomic E-state index is 13.3. The van der Waals surface area contributed by atoms with E-state index in [-0.39, 0.29) is 42.9 Å². The van der Waals surface area contributed by atoms with E-state index in [0.29, 0.717) is 30.8 Å². The van der Waals surface area contributed by atoms with Crippen molar-refractivity contribution in [3.8, 4) is 5.75 Å². The Bertz CT molecular complexity index is 1140. The number of carbonyl (C=O) groups is 5. The molecular formula is C26H33N3O6. The Labute approximate surface area is 204 Å². The summed E-state index contributed by atoms with van der Waals surface area (Å²) in [7, 11) is 1.56. The number of Topliss-reactive ketones (excluding diaryl/α,β-unsaturated/α-hetero) is 3. The molecule has 3 rings (SSSR count). The van der Waals surface area contributed by atoms with Crippen LogP contribution in [0.1, 0.15) is 50.5 Å². The second-order valence-electron chi connectivity index (χ2n) is 9.54. The number of hydrogen-bond donors (Lipinski definition) is 2. The molecule has 0 bridgehead atoms. The molecule has 1 saturated heterocycles. The van der Waals surface area contributed by atoms with Crippen molar-refractivity contribution < 1.29 is 28.7 Å². The Morgan fingerprint density at radius 3 is 2.54 bits per heavy atom. The van der Waals surface area contributed by atoms with Crippen LogP contribution in [0.5, 0.6) is 5.75 Å². The number of H-pyrrole nitrogens is 1. The lowest BCUT2D eigenvalue weighted by Gasteiger charge is -2.26. The summed E-state index contributed by atoms with van der Waals surface area (Å²) in [4.78, 5) is 67.1. The van der Waals surface area contributed by atoms with E-state index < -0.39 is 23.5 Å². The number of carbonyl (C=O) groups excluding carboxylic acids is 5. The van der Waals surface area contributed by atoms with Crippen molar-refractivity contribution in [2.75, 3.05) is 26.7 Å². The second-order valence-corrected chi connectivity index (χ2v) is 9.54. The number of aromatic nitrogens is 1.